The molecule has 6 heteroatoms. The molecular weight excluding hydrogens is 436 g/mol. The van der Waals surface area contributed by atoms with Gasteiger partial charge in [0.25, 0.3) is 10.1 Å². The molecule has 33 heavy (non-hydrogen) atoms. The quantitative estimate of drug-likeness (QED) is 0.391. The van der Waals surface area contributed by atoms with E-state index in [9.17, 15) is 13.2 Å². The summed E-state index contributed by atoms with van der Waals surface area (Å²) in [7, 11) is -3.72. The third-order valence-corrected chi connectivity index (χ3v) is 10.9. The van der Waals surface area contributed by atoms with Crippen LogP contribution in [0, 0.1) is 41.9 Å². The summed E-state index contributed by atoms with van der Waals surface area (Å²) in [6, 6.07) is 6.90. The van der Waals surface area contributed by atoms with Gasteiger partial charge in [-0.3, -0.25) is 8.98 Å². The third-order valence-electron chi connectivity index (χ3n) is 9.51. The Kier molecular flexibility index (Phi) is 6.99. The number of aryl methyl sites for hydroxylation is 1. The van der Waals surface area contributed by atoms with Crippen molar-refractivity contribution in [2.45, 2.75) is 96.7 Å². The number of fused-ring (bicyclic) bond motifs is 3. The van der Waals surface area contributed by atoms with Crippen molar-refractivity contribution in [1.29, 1.82) is 0 Å². The Balaban J connectivity index is 1.40. The van der Waals surface area contributed by atoms with Gasteiger partial charge in [0.15, 0.2) is 0 Å². The largest absolute Gasteiger partial charge is 0.462 e. The van der Waals surface area contributed by atoms with Crippen molar-refractivity contribution in [3.05, 3.63) is 29.8 Å². The Hall–Kier alpha value is -1.40. The Bertz CT molecular complexity index is 955. The van der Waals surface area contributed by atoms with E-state index in [1.165, 1.54) is 19.8 Å². The SMILES string of the molecule is CC(=O)O[C@@H](C)[C@@]1(C)CC[C@@H]2[C@H]3CCC(OS(=O)(=O)c4ccc(C)cc4)C[C@@H]3CC[C@H]2C1C. The molecule has 0 aliphatic heterocycles. The first kappa shape index (κ1) is 24.7. The van der Waals surface area contributed by atoms with Gasteiger partial charge in [-0.15, -0.1) is 0 Å². The first-order chi connectivity index (χ1) is 15.5. The highest BCUT2D eigenvalue weighted by molar-refractivity contribution is 7.86. The van der Waals surface area contributed by atoms with E-state index in [1.54, 1.807) is 12.1 Å². The van der Waals surface area contributed by atoms with E-state index in [0.29, 0.717) is 29.6 Å². The molecule has 0 amide bonds. The van der Waals surface area contributed by atoms with Crippen molar-refractivity contribution in [2.75, 3.05) is 0 Å². The van der Waals surface area contributed by atoms with E-state index in [1.807, 2.05) is 19.1 Å². The topological polar surface area (TPSA) is 69.7 Å². The molecule has 1 aromatic carbocycles. The minimum Gasteiger partial charge on any atom is -0.462 e. The average Bonchev–Trinajstić information content (AvgIpc) is 2.75. The predicted molar refractivity (Wildman–Crippen MR) is 128 cm³/mol. The lowest BCUT2D eigenvalue weighted by Crippen LogP contribution is -2.52. The zero-order valence-corrected chi connectivity index (χ0v) is 21.6. The van der Waals surface area contributed by atoms with Crippen molar-refractivity contribution in [3.63, 3.8) is 0 Å². The fourth-order valence-electron chi connectivity index (χ4n) is 7.31. The molecule has 0 N–H and O–H groups in total. The lowest BCUT2D eigenvalue weighted by atomic mass is 9.49. The molecule has 0 aromatic heterocycles. The van der Waals surface area contributed by atoms with Crippen molar-refractivity contribution in [2.24, 2.45) is 35.0 Å². The first-order valence-electron chi connectivity index (χ1n) is 12.7. The van der Waals surface area contributed by atoms with Gasteiger partial charge in [-0.2, -0.15) is 8.42 Å². The zero-order chi connectivity index (χ0) is 24.0. The van der Waals surface area contributed by atoms with E-state index in [2.05, 4.69) is 20.8 Å². The summed E-state index contributed by atoms with van der Waals surface area (Å²) in [5, 5.41) is 0. The second kappa shape index (κ2) is 9.33. The Morgan fingerprint density at radius 1 is 1.03 bits per heavy atom. The molecule has 3 aliphatic rings. The molecule has 0 spiro atoms. The van der Waals surface area contributed by atoms with Gasteiger partial charge in [-0.25, -0.2) is 0 Å². The summed E-state index contributed by atoms with van der Waals surface area (Å²) in [5.41, 5.74) is 1.05. The monoisotopic (exact) mass is 476 g/mol. The number of carbonyl (C=O) groups is 1. The highest BCUT2D eigenvalue weighted by Crippen LogP contribution is 2.58. The summed E-state index contributed by atoms with van der Waals surface area (Å²) in [4.78, 5) is 11.8. The molecule has 1 aromatic rings. The maximum atomic E-state index is 12.8. The fraction of sp³-hybridized carbons (Fsp3) is 0.741. The van der Waals surface area contributed by atoms with Crippen LogP contribution < -0.4 is 0 Å². The van der Waals surface area contributed by atoms with E-state index in [-0.39, 0.29) is 28.5 Å². The number of carbonyl (C=O) groups excluding carboxylic acids is 1. The molecule has 5 nitrogen and oxygen atoms in total. The summed E-state index contributed by atoms with van der Waals surface area (Å²) in [6.45, 7) is 10.2. The number of esters is 1. The predicted octanol–water partition coefficient (Wildman–Crippen LogP) is 5.90. The van der Waals surface area contributed by atoms with Crippen LogP contribution in [0.15, 0.2) is 29.2 Å². The standard InChI is InChI=1S/C27H40O5S/c1-17-6-10-23(11-7-17)33(29,30)32-22-9-13-25-21(16-22)8-12-24-18(2)27(5,15-14-26(24)25)19(3)31-20(4)28/h6-7,10-11,18-19,21-22,24-26H,8-9,12-16H2,1-5H3/t18?,19-,21-,22?,24-,25-,26-,27-/m0/s1. The molecule has 3 saturated carbocycles. The van der Waals surface area contributed by atoms with Crippen LogP contribution in [0.5, 0.6) is 0 Å². The molecule has 0 heterocycles. The van der Waals surface area contributed by atoms with Gasteiger partial charge >= 0.3 is 5.97 Å². The summed E-state index contributed by atoms with van der Waals surface area (Å²) in [6.07, 6.45) is 6.97. The van der Waals surface area contributed by atoms with E-state index < -0.39 is 10.1 Å². The van der Waals surface area contributed by atoms with Crippen molar-refractivity contribution in [3.8, 4) is 0 Å². The molecule has 0 bridgehead atoms. The summed E-state index contributed by atoms with van der Waals surface area (Å²) < 4.78 is 37.0. The van der Waals surface area contributed by atoms with Crippen LogP contribution in [0.2, 0.25) is 0 Å². The number of hydrogen-bond acceptors (Lipinski definition) is 5. The van der Waals surface area contributed by atoms with Crippen LogP contribution in [0.3, 0.4) is 0 Å². The maximum Gasteiger partial charge on any atom is 0.302 e. The van der Waals surface area contributed by atoms with Crippen molar-refractivity contribution in [1.82, 2.24) is 0 Å². The minimum atomic E-state index is -3.72. The maximum absolute atomic E-state index is 12.8. The Morgan fingerprint density at radius 3 is 2.36 bits per heavy atom. The molecule has 8 atom stereocenters. The smallest absolute Gasteiger partial charge is 0.302 e. The van der Waals surface area contributed by atoms with Crippen molar-refractivity contribution >= 4 is 16.1 Å². The Labute approximate surface area is 199 Å². The van der Waals surface area contributed by atoms with Crippen LogP contribution in [0.4, 0.5) is 0 Å². The lowest BCUT2D eigenvalue weighted by molar-refractivity contribution is -0.163. The molecule has 2 unspecified atom stereocenters. The number of hydrogen-bond donors (Lipinski definition) is 0. The van der Waals surface area contributed by atoms with E-state index in [0.717, 1.165) is 37.7 Å². The van der Waals surface area contributed by atoms with E-state index in [4.69, 9.17) is 8.92 Å². The third kappa shape index (κ3) is 4.88. The van der Waals surface area contributed by atoms with Gasteiger partial charge in [0.05, 0.1) is 11.0 Å². The normalized spacial score (nSPS) is 37.5. The van der Waals surface area contributed by atoms with Crippen LogP contribution in [-0.2, 0) is 23.8 Å². The van der Waals surface area contributed by atoms with Crippen LogP contribution in [-0.4, -0.2) is 26.6 Å². The van der Waals surface area contributed by atoms with Gasteiger partial charge in [-0.05, 0) is 101 Å². The molecule has 184 valence electrons. The van der Waals surface area contributed by atoms with Gasteiger partial charge < -0.3 is 4.74 Å². The molecule has 3 fully saturated rings. The van der Waals surface area contributed by atoms with Crippen LogP contribution in [0.25, 0.3) is 0 Å². The summed E-state index contributed by atoms with van der Waals surface area (Å²) >= 11 is 0. The number of benzene rings is 1. The van der Waals surface area contributed by atoms with Crippen LogP contribution >= 0.6 is 0 Å². The fourth-order valence-corrected chi connectivity index (χ4v) is 8.42. The first-order valence-corrected chi connectivity index (χ1v) is 14.1. The summed E-state index contributed by atoms with van der Waals surface area (Å²) in [5.74, 6) is 2.84. The van der Waals surface area contributed by atoms with E-state index >= 15 is 0 Å². The Morgan fingerprint density at radius 2 is 1.70 bits per heavy atom. The second-order valence-electron chi connectivity index (χ2n) is 11.2. The van der Waals surface area contributed by atoms with Gasteiger partial charge in [-0.1, -0.05) is 31.5 Å². The molecule has 0 radical (unpaired) electrons. The molecule has 3 aliphatic carbocycles. The lowest BCUT2D eigenvalue weighted by Gasteiger charge is -2.57. The van der Waals surface area contributed by atoms with Gasteiger partial charge in [0.1, 0.15) is 6.10 Å². The molecule has 0 saturated heterocycles. The second-order valence-corrected chi connectivity index (χ2v) is 12.8. The molecule has 4 rings (SSSR count). The number of ether oxygens (including phenoxy) is 1. The van der Waals surface area contributed by atoms with Gasteiger partial charge in [0, 0.05) is 12.3 Å². The van der Waals surface area contributed by atoms with Crippen molar-refractivity contribution < 1.29 is 22.1 Å². The highest BCUT2D eigenvalue weighted by Gasteiger charge is 2.53. The average molecular weight is 477 g/mol. The van der Waals surface area contributed by atoms with Gasteiger partial charge in [0.2, 0.25) is 0 Å². The highest BCUT2D eigenvalue weighted by atomic mass is 32.2. The zero-order valence-electron chi connectivity index (χ0n) is 20.8. The number of rotatable bonds is 5. The van der Waals surface area contributed by atoms with Crippen LogP contribution in [0.1, 0.15) is 78.2 Å². The molecular formula is C27H40O5S. The minimum absolute atomic E-state index is 0.0160.